The van der Waals surface area contributed by atoms with Crippen molar-refractivity contribution in [2.24, 2.45) is 0 Å². The van der Waals surface area contributed by atoms with Crippen molar-refractivity contribution in [1.29, 1.82) is 0 Å². The van der Waals surface area contributed by atoms with E-state index in [4.69, 9.17) is 4.74 Å². The number of anilines is 1. The second kappa shape index (κ2) is 8.64. The van der Waals surface area contributed by atoms with Crippen molar-refractivity contribution in [2.75, 3.05) is 11.9 Å². The number of nitrogens with zero attached hydrogens (tertiary/aromatic N) is 2. The fraction of sp³-hybridized carbons (Fsp3) is 0.150. The van der Waals surface area contributed by atoms with Crippen LogP contribution >= 0.6 is 15.9 Å². The highest BCUT2D eigenvalue weighted by Gasteiger charge is 2.09. The number of hydrogen-bond acceptors (Lipinski definition) is 4. The van der Waals surface area contributed by atoms with E-state index in [0.29, 0.717) is 18.0 Å². The number of hydrogen-bond donors (Lipinski definition) is 1. The highest BCUT2D eigenvalue weighted by molar-refractivity contribution is 9.10. The Bertz CT molecular complexity index is 1000. The Morgan fingerprint density at radius 3 is 2.63 bits per heavy atom. The Morgan fingerprint density at radius 2 is 1.93 bits per heavy atom. The molecular weight excluding hydrogens is 410 g/mol. The zero-order valence-corrected chi connectivity index (χ0v) is 16.3. The quantitative estimate of drug-likeness (QED) is 0.650. The largest absolute Gasteiger partial charge is 0.494 e. The van der Waals surface area contributed by atoms with Gasteiger partial charge in [0.05, 0.1) is 12.3 Å². The number of aromatic nitrogens is 2. The number of carbonyl (C=O) groups is 1. The van der Waals surface area contributed by atoms with Gasteiger partial charge in [-0.15, -0.1) is 0 Å². The SMILES string of the molecule is CCOc1ccc(NC(=O)Cn2nc(-c3cccc(Br)c3)ccc2=O)cc1. The molecule has 0 unspecified atom stereocenters. The van der Waals surface area contributed by atoms with E-state index < -0.39 is 0 Å². The molecule has 0 radical (unpaired) electrons. The van der Waals surface area contributed by atoms with Crippen LogP contribution in [0.5, 0.6) is 5.75 Å². The lowest BCUT2D eigenvalue weighted by Gasteiger charge is -2.09. The Hall–Kier alpha value is -2.93. The maximum atomic E-state index is 12.3. The van der Waals surface area contributed by atoms with E-state index in [-0.39, 0.29) is 18.0 Å². The molecule has 7 heteroatoms. The van der Waals surface area contributed by atoms with Crippen LogP contribution in [0, 0.1) is 0 Å². The average molecular weight is 428 g/mol. The van der Waals surface area contributed by atoms with Crippen LogP contribution in [0.4, 0.5) is 5.69 Å². The smallest absolute Gasteiger partial charge is 0.267 e. The van der Waals surface area contributed by atoms with Crippen LogP contribution in [0.2, 0.25) is 0 Å². The van der Waals surface area contributed by atoms with Gasteiger partial charge in [-0.25, -0.2) is 4.68 Å². The van der Waals surface area contributed by atoms with Gasteiger partial charge in [0.15, 0.2) is 0 Å². The van der Waals surface area contributed by atoms with Crippen LogP contribution in [0.3, 0.4) is 0 Å². The second-order valence-corrected chi connectivity index (χ2v) is 6.65. The fourth-order valence-corrected chi connectivity index (χ4v) is 2.90. The Morgan fingerprint density at radius 1 is 1.15 bits per heavy atom. The van der Waals surface area contributed by atoms with E-state index in [0.717, 1.165) is 20.5 Å². The van der Waals surface area contributed by atoms with E-state index in [9.17, 15) is 9.59 Å². The number of nitrogens with one attached hydrogen (secondary N) is 1. The lowest BCUT2D eigenvalue weighted by Crippen LogP contribution is -2.29. The maximum Gasteiger partial charge on any atom is 0.267 e. The zero-order chi connectivity index (χ0) is 19.2. The topological polar surface area (TPSA) is 73.2 Å². The number of amides is 1. The first kappa shape index (κ1) is 18.8. The molecule has 0 aliphatic rings. The molecule has 138 valence electrons. The summed E-state index contributed by atoms with van der Waals surface area (Å²) >= 11 is 3.42. The van der Waals surface area contributed by atoms with Gasteiger partial charge < -0.3 is 10.1 Å². The minimum absolute atomic E-state index is 0.173. The van der Waals surface area contributed by atoms with Gasteiger partial charge in [-0.05, 0) is 49.4 Å². The third kappa shape index (κ3) is 5.04. The Labute approximate surface area is 164 Å². The van der Waals surface area contributed by atoms with Crippen molar-refractivity contribution in [2.45, 2.75) is 13.5 Å². The van der Waals surface area contributed by atoms with E-state index >= 15 is 0 Å². The Balaban J connectivity index is 1.73. The van der Waals surface area contributed by atoms with Gasteiger partial charge in [0.25, 0.3) is 5.56 Å². The molecule has 0 fully saturated rings. The molecule has 1 aromatic heterocycles. The van der Waals surface area contributed by atoms with E-state index in [1.165, 1.54) is 6.07 Å². The van der Waals surface area contributed by atoms with Gasteiger partial charge in [0.1, 0.15) is 12.3 Å². The summed E-state index contributed by atoms with van der Waals surface area (Å²) in [6, 6.07) is 17.7. The molecule has 3 aromatic rings. The minimum Gasteiger partial charge on any atom is -0.494 e. The molecule has 27 heavy (non-hydrogen) atoms. The lowest BCUT2D eigenvalue weighted by molar-refractivity contribution is -0.117. The van der Waals surface area contributed by atoms with Crippen LogP contribution in [0.15, 0.2) is 69.9 Å². The molecule has 0 spiro atoms. The molecule has 0 aliphatic carbocycles. The molecule has 0 saturated heterocycles. The van der Waals surface area contributed by atoms with Crippen LogP contribution < -0.4 is 15.6 Å². The average Bonchev–Trinajstić information content (AvgIpc) is 2.65. The standard InChI is InChI=1S/C20H18BrN3O3/c1-2-27-17-8-6-16(7-9-17)22-19(25)13-24-20(26)11-10-18(23-24)14-4-3-5-15(21)12-14/h3-12H,2,13H2,1H3,(H,22,25). The molecule has 0 atom stereocenters. The summed E-state index contributed by atoms with van der Waals surface area (Å²) in [6.07, 6.45) is 0. The van der Waals surface area contributed by atoms with Crippen molar-refractivity contribution in [3.63, 3.8) is 0 Å². The summed E-state index contributed by atoms with van der Waals surface area (Å²) in [5.74, 6) is 0.398. The van der Waals surface area contributed by atoms with Crippen molar-refractivity contribution < 1.29 is 9.53 Å². The molecule has 6 nitrogen and oxygen atoms in total. The molecular formula is C20H18BrN3O3. The highest BCUT2D eigenvalue weighted by atomic mass is 79.9. The molecule has 0 aliphatic heterocycles. The van der Waals surface area contributed by atoms with E-state index in [1.807, 2.05) is 31.2 Å². The normalized spacial score (nSPS) is 10.4. The van der Waals surface area contributed by atoms with Crippen molar-refractivity contribution in [3.05, 3.63) is 75.5 Å². The zero-order valence-electron chi connectivity index (χ0n) is 14.7. The number of benzene rings is 2. The summed E-state index contributed by atoms with van der Waals surface area (Å²) in [4.78, 5) is 24.4. The highest BCUT2D eigenvalue weighted by Crippen LogP contribution is 2.20. The first-order valence-corrected chi connectivity index (χ1v) is 9.21. The fourth-order valence-electron chi connectivity index (χ4n) is 2.50. The van der Waals surface area contributed by atoms with E-state index in [2.05, 4.69) is 26.3 Å². The number of ether oxygens (including phenoxy) is 1. The predicted octanol–water partition coefficient (Wildman–Crippen LogP) is 3.71. The van der Waals surface area contributed by atoms with Crippen molar-refractivity contribution in [1.82, 2.24) is 9.78 Å². The first-order chi connectivity index (χ1) is 13.0. The summed E-state index contributed by atoms with van der Waals surface area (Å²) in [5.41, 5.74) is 1.75. The molecule has 3 rings (SSSR count). The molecule has 0 saturated carbocycles. The second-order valence-electron chi connectivity index (χ2n) is 5.73. The van der Waals surface area contributed by atoms with Crippen molar-refractivity contribution >= 4 is 27.5 Å². The molecule has 0 bridgehead atoms. The predicted molar refractivity (Wildman–Crippen MR) is 108 cm³/mol. The molecule has 2 aromatic carbocycles. The van der Waals surface area contributed by atoms with Gasteiger partial charge in [0.2, 0.25) is 5.91 Å². The van der Waals surface area contributed by atoms with Crippen LogP contribution in [-0.4, -0.2) is 22.3 Å². The minimum atomic E-state index is -0.337. The maximum absolute atomic E-state index is 12.3. The van der Waals surface area contributed by atoms with Gasteiger partial charge in [-0.2, -0.15) is 5.10 Å². The van der Waals surface area contributed by atoms with Gasteiger partial charge >= 0.3 is 0 Å². The summed E-state index contributed by atoms with van der Waals surface area (Å²) in [7, 11) is 0. The third-order valence-corrected chi connectivity index (χ3v) is 4.22. The van der Waals surface area contributed by atoms with Crippen LogP contribution in [-0.2, 0) is 11.3 Å². The van der Waals surface area contributed by atoms with Crippen molar-refractivity contribution in [3.8, 4) is 17.0 Å². The van der Waals surface area contributed by atoms with Gasteiger partial charge in [-0.3, -0.25) is 9.59 Å². The number of rotatable bonds is 6. The van der Waals surface area contributed by atoms with Crippen LogP contribution in [0.1, 0.15) is 6.92 Å². The van der Waals surface area contributed by atoms with Gasteiger partial charge in [-0.1, -0.05) is 28.1 Å². The summed E-state index contributed by atoms with van der Waals surface area (Å²) < 4.78 is 7.43. The third-order valence-electron chi connectivity index (χ3n) is 3.73. The Kier molecular flexibility index (Phi) is 6.03. The first-order valence-electron chi connectivity index (χ1n) is 8.42. The van der Waals surface area contributed by atoms with Crippen LogP contribution in [0.25, 0.3) is 11.3 Å². The number of halogens is 1. The summed E-state index contributed by atoms with van der Waals surface area (Å²) in [6.45, 7) is 2.31. The number of carbonyl (C=O) groups excluding carboxylic acids is 1. The summed E-state index contributed by atoms with van der Waals surface area (Å²) in [5, 5.41) is 7.06. The lowest BCUT2D eigenvalue weighted by atomic mass is 10.1. The molecule has 1 heterocycles. The monoisotopic (exact) mass is 427 g/mol. The van der Waals surface area contributed by atoms with Gasteiger partial charge in [0, 0.05) is 21.8 Å². The molecule has 1 amide bonds. The molecule has 1 N–H and O–H groups in total. The van der Waals surface area contributed by atoms with E-state index in [1.54, 1.807) is 30.3 Å².